The third-order valence-electron chi connectivity index (χ3n) is 5.27. The van der Waals surface area contributed by atoms with Gasteiger partial charge in [0.15, 0.2) is 0 Å². The van der Waals surface area contributed by atoms with Crippen LogP contribution in [0.4, 0.5) is 5.69 Å². The number of carbonyl (C=O) groups excluding carboxylic acids is 1. The molecule has 0 spiro atoms. The topological polar surface area (TPSA) is 78.4 Å². The van der Waals surface area contributed by atoms with Crippen molar-refractivity contribution >= 4 is 29.2 Å². The lowest BCUT2D eigenvalue weighted by molar-refractivity contribution is -0.135. The Balaban J connectivity index is 1.67. The molecule has 1 aliphatic heterocycles. The number of carboxylic acid groups (broad SMARTS) is 1. The standard InChI is InChI=1S/C21H19ClN2O3/c22-17-7-2-1-4-15(17)20-14-6-3-5-13(14)16-10-12(8-9-18(16)24-20)21(27)23-11-19(25)26/h1-5,7-10,13-14,20,24H,6,11H2,(H,23,27)(H,25,26)/t13-,14-,20+/m1/s1. The van der Waals surface area contributed by atoms with Crippen LogP contribution in [-0.4, -0.2) is 23.5 Å². The first-order valence-corrected chi connectivity index (χ1v) is 9.24. The molecule has 6 heteroatoms. The second-order valence-corrected chi connectivity index (χ2v) is 7.28. The quantitative estimate of drug-likeness (QED) is 0.699. The van der Waals surface area contributed by atoms with Crippen LogP contribution in [-0.2, 0) is 4.79 Å². The van der Waals surface area contributed by atoms with Crippen molar-refractivity contribution in [3.05, 3.63) is 76.3 Å². The molecule has 0 saturated heterocycles. The number of rotatable bonds is 4. The number of allylic oxidation sites excluding steroid dienone is 2. The fourth-order valence-corrected chi connectivity index (χ4v) is 4.28. The number of anilines is 1. The van der Waals surface area contributed by atoms with Gasteiger partial charge in [-0.05, 0) is 47.7 Å². The summed E-state index contributed by atoms with van der Waals surface area (Å²) in [5.74, 6) is -0.944. The Labute approximate surface area is 162 Å². The van der Waals surface area contributed by atoms with E-state index in [9.17, 15) is 9.59 Å². The molecule has 4 rings (SSSR count). The van der Waals surface area contributed by atoms with Crippen molar-refractivity contribution in [2.45, 2.75) is 18.4 Å². The van der Waals surface area contributed by atoms with E-state index in [1.54, 1.807) is 6.07 Å². The van der Waals surface area contributed by atoms with E-state index in [4.69, 9.17) is 16.7 Å². The minimum absolute atomic E-state index is 0.0953. The van der Waals surface area contributed by atoms with E-state index in [0.29, 0.717) is 11.5 Å². The van der Waals surface area contributed by atoms with Gasteiger partial charge in [0.05, 0.1) is 6.04 Å². The maximum absolute atomic E-state index is 12.2. The summed E-state index contributed by atoms with van der Waals surface area (Å²) >= 11 is 6.44. The number of hydrogen-bond donors (Lipinski definition) is 3. The number of amides is 1. The molecule has 5 nitrogen and oxygen atoms in total. The predicted molar refractivity (Wildman–Crippen MR) is 104 cm³/mol. The molecule has 3 N–H and O–H groups in total. The van der Waals surface area contributed by atoms with Gasteiger partial charge >= 0.3 is 5.97 Å². The molecule has 0 unspecified atom stereocenters. The summed E-state index contributed by atoms with van der Waals surface area (Å²) in [6.07, 6.45) is 5.29. The first kappa shape index (κ1) is 17.6. The maximum Gasteiger partial charge on any atom is 0.322 e. The van der Waals surface area contributed by atoms with Crippen molar-refractivity contribution in [2.24, 2.45) is 5.92 Å². The fraction of sp³-hybridized carbons (Fsp3) is 0.238. The zero-order chi connectivity index (χ0) is 19.0. The number of hydrogen-bond acceptors (Lipinski definition) is 3. The Morgan fingerprint density at radius 3 is 2.78 bits per heavy atom. The lowest BCUT2D eigenvalue weighted by atomic mass is 9.76. The van der Waals surface area contributed by atoms with E-state index in [-0.39, 0.29) is 17.9 Å². The van der Waals surface area contributed by atoms with Crippen molar-refractivity contribution in [3.8, 4) is 0 Å². The highest BCUT2D eigenvalue weighted by Gasteiger charge is 2.38. The highest BCUT2D eigenvalue weighted by Crippen LogP contribution is 2.50. The van der Waals surface area contributed by atoms with Crippen LogP contribution >= 0.6 is 11.6 Å². The summed E-state index contributed by atoms with van der Waals surface area (Å²) in [5, 5.41) is 15.5. The molecule has 0 radical (unpaired) electrons. The average molecular weight is 383 g/mol. The highest BCUT2D eigenvalue weighted by atomic mass is 35.5. The van der Waals surface area contributed by atoms with E-state index in [2.05, 4.69) is 22.8 Å². The molecule has 0 saturated carbocycles. The van der Waals surface area contributed by atoms with Crippen LogP contribution in [0, 0.1) is 5.92 Å². The van der Waals surface area contributed by atoms with Gasteiger partial charge in [0.2, 0.25) is 0 Å². The monoisotopic (exact) mass is 382 g/mol. The molecule has 0 bridgehead atoms. The van der Waals surface area contributed by atoms with Crippen LogP contribution < -0.4 is 10.6 Å². The first-order valence-electron chi connectivity index (χ1n) is 8.86. The molecule has 0 fully saturated rings. The average Bonchev–Trinajstić information content (AvgIpc) is 3.16. The molecule has 27 heavy (non-hydrogen) atoms. The largest absolute Gasteiger partial charge is 0.480 e. The molecule has 2 aromatic rings. The van der Waals surface area contributed by atoms with Gasteiger partial charge in [0.1, 0.15) is 6.54 Å². The zero-order valence-corrected chi connectivity index (χ0v) is 15.2. The third-order valence-corrected chi connectivity index (χ3v) is 5.61. The smallest absolute Gasteiger partial charge is 0.322 e. The predicted octanol–water partition coefficient (Wildman–Crippen LogP) is 3.98. The second kappa shape index (κ2) is 7.08. The van der Waals surface area contributed by atoms with Crippen molar-refractivity contribution in [2.75, 3.05) is 11.9 Å². The maximum atomic E-state index is 12.2. The van der Waals surface area contributed by atoms with Gasteiger partial charge in [0, 0.05) is 22.2 Å². The number of fused-ring (bicyclic) bond motifs is 3. The molecule has 3 atom stereocenters. The van der Waals surface area contributed by atoms with Gasteiger partial charge < -0.3 is 15.7 Å². The summed E-state index contributed by atoms with van der Waals surface area (Å²) in [5.41, 5.74) is 3.57. The number of halogens is 1. The van der Waals surface area contributed by atoms with Crippen LogP contribution in [0.2, 0.25) is 5.02 Å². The molecule has 2 aliphatic rings. The van der Waals surface area contributed by atoms with Crippen LogP contribution in [0.5, 0.6) is 0 Å². The van der Waals surface area contributed by atoms with Gasteiger partial charge in [-0.15, -0.1) is 0 Å². The van der Waals surface area contributed by atoms with E-state index < -0.39 is 12.5 Å². The van der Waals surface area contributed by atoms with Gasteiger partial charge in [-0.1, -0.05) is 42.0 Å². The Morgan fingerprint density at radius 2 is 2.00 bits per heavy atom. The van der Waals surface area contributed by atoms with Crippen molar-refractivity contribution in [1.29, 1.82) is 0 Å². The van der Waals surface area contributed by atoms with Gasteiger partial charge in [-0.3, -0.25) is 9.59 Å². The second-order valence-electron chi connectivity index (χ2n) is 6.88. The molecular formula is C21H19ClN2O3. The van der Waals surface area contributed by atoms with Gasteiger partial charge in [-0.2, -0.15) is 0 Å². The number of nitrogens with one attached hydrogen (secondary N) is 2. The fourth-order valence-electron chi connectivity index (χ4n) is 4.03. The minimum atomic E-state index is -1.07. The molecule has 0 aromatic heterocycles. The first-order chi connectivity index (χ1) is 13.0. The third kappa shape index (κ3) is 3.30. The zero-order valence-electron chi connectivity index (χ0n) is 14.5. The van der Waals surface area contributed by atoms with E-state index in [1.807, 2.05) is 36.4 Å². The van der Waals surface area contributed by atoms with Crippen LogP contribution in [0.15, 0.2) is 54.6 Å². The molecule has 1 amide bonds. The Morgan fingerprint density at radius 1 is 1.19 bits per heavy atom. The number of carboxylic acids is 1. The number of carbonyl (C=O) groups is 2. The van der Waals surface area contributed by atoms with E-state index >= 15 is 0 Å². The molecule has 2 aromatic carbocycles. The SMILES string of the molecule is O=C(O)CNC(=O)c1ccc2c(c1)[C@@H]1C=CC[C@H]1[C@@H](c1ccccc1Cl)N2. The summed E-state index contributed by atoms with van der Waals surface area (Å²) in [6, 6.07) is 13.4. The van der Waals surface area contributed by atoms with Crippen LogP contribution in [0.25, 0.3) is 0 Å². The highest BCUT2D eigenvalue weighted by molar-refractivity contribution is 6.31. The van der Waals surface area contributed by atoms with Crippen LogP contribution in [0.1, 0.15) is 39.9 Å². The lowest BCUT2D eigenvalue weighted by Gasteiger charge is -2.38. The van der Waals surface area contributed by atoms with E-state index in [0.717, 1.165) is 28.3 Å². The summed E-state index contributed by atoms with van der Waals surface area (Å²) < 4.78 is 0. The van der Waals surface area contributed by atoms with E-state index in [1.165, 1.54) is 0 Å². The Kier molecular flexibility index (Phi) is 4.62. The molecule has 1 aliphatic carbocycles. The summed E-state index contributed by atoms with van der Waals surface area (Å²) in [4.78, 5) is 22.9. The minimum Gasteiger partial charge on any atom is -0.480 e. The molecule has 1 heterocycles. The van der Waals surface area contributed by atoms with Gasteiger partial charge in [0.25, 0.3) is 5.91 Å². The summed E-state index contributed by atoms with van der Waals surface area (Å²) in [6.45, 7) is -0.394. The Bertz CT molecular complexity index is 941. The van der Waals surface area contributed by atoms with Gasteiger partial charge in [-0.25, -0.2) is 0 Å². The lowest BCUT2D eigenvalue weighted by Crippen LogP contribution is -2.31. The number of benzene rings is 2. The van der Waals surface area contributed by atoms with Crippen LogP contribution in [0.3, 0.4) is 0 Å². The number of aliphatic carboxylic acids is 1. The van der Waals surface area contributed by atoms with Crippen molar-refractivity contribution < 1.29 is 14.7 Å². The Hall–Kier alpha value is -2.79. The van der Waals surface area contributed by atoms with Crippen molar-refractivity contribution in [3.63, 3.8) is 0 Å². The normalized spacial score (nSPS) is 22.5. The molecule has 138 valence electrons. The molecular weight excluding hydrogens is 364 g/mol. The van der Waals surface area contributed by atoms with Crippen molar-refractivity contribution in [1.82, 2.24) is 5.32 Å². The summed E-state index contributed by atoms with van der Waals surface area (Å²) in [7, 11) is 0.